The van der Waals surface area contributed by atoms with Crippen LogP contribution < -0.4 is 9.47 Å². The van der Waals surface area contributed by atoms with E-state index < -0.39 is 11.6 Å². The van der Waals surface area contributed by atoms with Gasteiger partial charge in [0.05, 0.1) is 0 Å². The highest BCUT2D eigenvalue weighted by molar-refractivity contribution is 6.33. The smallest absolute Gasteiger partial charge is 0.207 e. The van der Waals surface area contributed by atoms with E-state index in [1.165, 1.54) is 6.07 Å². The van der Waals surface area contributed by atoms with Crippen molar-refractivity contribution in [1.82, 2.24) is 0 Å². The Labute approximate surface area is 114 Å². The third-order valence-corrected chi connectivity index (χ3v) is 3.23. The van der Waals surface area contributed by atoms with E-state index in [4.69, 9.17) is 21.1 Å². The molecule has 0 atom stereocenters. The summed E-state index contributed by atoms with van der Waals surface area (Å²) in [7, 11) is 0. The molecule has 1 aliphatic heterocycles. The Morgan fingerprint density at radius 2 is 1.74 bits per heavy atom. The fourth-order valence-corrected chi connectivity index (χ4v) is 2.28. The van der Waals surface area contributed by atoms with Crippen LogP contribution >= 0.6 is 11.6 Å². The molecule has 2 aromatic rings. The summed E-state index contributed by atoms with van der Waals surface area (Å²) in [6.45, 7) is 0.613. The second kappa shape index (κ2) is 4.63. The highest BCUT2D eigenvalue weighted by Gasteiger charge is 2.25. The van der Waals surface area contributed by atoms with Gasteiger partial charge < -0.3 is 14.6 Å². The minimum Gasteiger partial charge on any atom is -0.502 e. The number of phenols is 1. The summed E-state index contributed by atoms with van der Waals surface area (Å²) in [5.74, 6) is -0.955. The Balaban J connectivity index is 2.27. The largest absolute Gasteiger partial charge is 0.502 e. The van der Waals surface area contributed by atoms with E-state index in [1.807, 2.05) is 0 Å². The van der Waals surface area contributed by atoms with Crippen LogP contribution in [-0.4, -0.2) is 18.3 Å². The van der Waals surface area contributed by atoms with Crippen molar-refractivity contribution in [2.75, 3.05) is 13.2 Å². The van der Waals surface area contributed by atoms with Gasteiger partial charge in [-0.15, -0.1) is 0 Å². The van der Waals surface area contributed by atoms with Crippen molar-refractivity contribution in [2.24, 2.45) is 0 Å². The van der Waals surface area contributed by atoms with Gasteiger partial charge in [-0.1, -0.05) is 29.8 Å². The maximum Gasteiger partial charge on any atom is 0.207 e. The molecule has 0 saturated heterocycles. The van der Waals surface area contributed by atoms with E-state index >= 15 is 0 Å². The van der Waals surface area contributed by atoms with Gasteiger partial charge in [-0.2, -0.15) is 0 Å². The molecular weight excluding hydrogens is 271 g/mol. The summed E-state index contributed by atoms with van der Waals surface area (Å²) >= 11 is 6.11. The molecule has 0 spiro atoms. The minimum absolute atomic E-state index is 0.0289. The van der Waals surface area contributed by atoms with Gasteiger partial charge in [0.15, 0.2) is 17.3 Å². The zero-order valence-corrected chi connectivity index (χ0v) is 10.6. The quantitative estimate of drug-likeness (QED) is 0.867. The van der Waals surface area contributed by atoms with Crippen LogP contribution in [0.5, 0.6) is 17.2 Å². The van der Waals surface area contributed by atoms with Crippen LogP contribution in [0.15, 0.2) is 30.3 Å². The molecule has 2 aromatic carbocycles. The number of hydrogen-bond acceptors (Lipinski definition) is 3. The first kappa shape index (κ1) is 12.1. The number of phenolic OH excluding ortho intramolecular Hbond substituents is 1. The molecule has 0 bridgehead atoms. The summed E-state index contributed by atoms with van der Waals surface area (Å²) in [6.07, 6.45) is 0. The molecule has 0 saturated carbocycles. The number of halogens is 2. The molecule has 3 nitrogen and oxygen atoms in total. The van der Waals surface area contributed by atoms with Gasteiger partial charge in [0.2, 0.25) is 5.75 Å². The molecule has 5 heteroatoms. The average Bonchev–Trinajstić information content (AvgIpc) is 2.44. The maximum absolute atomic E-state index is 13.8. The first-order valence-corrected chi connectivity index (χ1v) is 6.12. The third kappa shape index (κ3) is 1.98. The Kier molecular flexibility index (Phi) is 2.95. The van der Waals surface area contributed by atoms with Gasteiger partial charge in [0, 0.05) is 16.1 Å². The average molecular weight is 281 g/mol. The number of aromatic hydroxyl groups is 1. The van der Waals surface area contributed by atoms with Crippen molar-refractivity contribution in [1.29, 1.82) is 0 Å². The lowest BCUT2D eigenvalue weighted by Gasteiger charge is -2.22. The van der Waals surface area contributed by atoms with Crippen molar-refractivity contribution >= 4 is 11.6 Å². The predicted molar refractivity (Wildman–Crippen MR) is 69.5 cm³/mol. The predicted octanol–water partition coefficient (Wildman–Crippen LogP) is 3.62. The first-order chi connectivity index (χ1) is 9.18. The van der Waals surface area contributed by atoms with Crippen LogP contribution in [0, 0.1) is 5.82 Å². The van der Waals surface area contributed by atoms with Gasteiger partial charge in [-0.3, -0.25) is 0 Å². The van der Waals surface area contributed by atoms with Crippen LogP contribution in [0.3, 0.4) is 0 Å². The van der Waals surface area contributed by atoms with Crippen LogP contribution in [0.25, 0.3) is 11.1 Å². The Hall–Kier alpha value is -1.94. The van der Waals surface area contributed by atoms with Gasteiger partial charge in [-0.05, 0) is 12.1 Å². The number of ether oxygens (including phenoxy) is 2. The molecule has 0 unspecified atom stereocenters. The van der Waals surface area contributed by atoms with Gasteiger partial charge in [0.1, 0.15) is 13.2 Å². The lowest BCUT2D eigenvalue weighted by atomic mass is 10.0. The number of rotatable bonds is 1. The Morgan fingerprint density at radius 3 is 2.47 bits per heavy atom. The highest BCUT2D eigenvalue weighted by atomic mass is 35.5. The molecule has 98 valence electrons. The first-order valence-electron chi connectivity index (χ1n) is 5.74. The van der Waals surface area contributed by atoms with Gasteiger partial charge in [0.25, 0.3) is 0 Å². The monoisotopic (exact) mass is 280 g/mol. The van der Waals surface area contributed by atoms with Crippen molar-refractivity contribution in [3.8, 4) is 28.4 Å². The fourth-order valence-electron chi connectivity index (χ4n) is 2.04. The van der Waals surface area contributed by atoms with E-state index in [2.05, 4.69) is 0 Å². The number of hydrogen-bond donors (Lipinski definition) is 1. The van der Waals surface area contributed by atoms with Gasteiger partial charge >= 0.3 is 0 Å². The molecule has 1 aliphatic rings. The third-order valence-electron chi connectivity index (χ3n) is 2.90. The molecule has 0 amide bonds. The van der Waals surface area contributed by atoms with Crippen molar-refractivity contribution in [3.63, 3.8) is 0 Å². The summed E-state index contributed by atoms with van der Waals surface area (Å²) in [5, 5.41) is 10.1. The lowest BCUT2D eigenvalue weighted by Crippen LogP contribution is -2.16. The SMILES string of the molecule is Oc1c(F)cc(-c2ccccc2Cl)c2c1OCCO2. The van der Waals surface area contributed by atoms with E-state index in [9.17, 15) is 9.50 Å². The molecular formula is C14H10ClFO3. The molecule has 1 heterocycles. The van der Waals surface area contributed by atoms with Crippen molar-refractivity contribution in [2.45, 2.75) is 0 Å². The Bertz CT molecular complexity index is 643. The zero-order valence-electron chi connectivity index (χ0n) is 9.82. The topological polar surface area (TPSA) is 38.7 Å². The van der Waals surface area contributed by atoms with E-state index in [-0.39, 0.29) is 12.4 Å². The molecule has 0 aromatic heterocycles. The minimum atomic E-state index is -0.765. The zero-order chi connectivity index (χ0) is 13.4. The van der Waals surface area contributed by atoms with E-state index in [0.717, 1.165) is 0 Å². The second-order valence-corrected chi connectivity index (χ2v) is 4.50. The van der Waals surface area contributed by atoms with Crippen LogP contribution in [0.2, 0.25) is 5.02 Å². The molecule has 3 rings (SSSR count). The summed E-state index contributed by atoms with van der Waals surface area (Å²) < 4.78 is 24.5. The molecule has 19 heavy (non-hydrogen) atoms. The maximum atomic E-state index is 13.8. The normalized spacial score (nSPS) is 13.4. The van der Waals surface area contributed by atoms with Crippen LogP contribution in [-0.2, 0) is 0 Å². The van der Waals surface area contributed by atoms with Crippen molar-refractivity contribution in [3.05, 3.63) is 41.2 Å². The molecule has 0 aliphatic carbocycles. The number of fused-ring (bicyclic) bond motifs is 1. The van der Waals surface area contributed by atoms with E-state index in [0.29, 0.717) is 28.5 Å². The van der Waals surface area contributed by atoms with Gasteiger partial charge in [-0.25, -0.2) is 4.39 Å². The second-order valence-electron chi connectivity index (χ2n) is 4.09. The van der Waals surface area contributed by atoms with E-state index in [1.54, 1.807) is 24.3 Å². The van der Waals surface area contributed by atoms with Crippen molar-refractivity contribution < 1.29 is 19.0 Å². The number of benzene rings is 2. The summed E-state index contributed by atoms with van der Waals surface area (Å²) in [6, 6.07) is 8.24. The summed E-state index contributed by atoms with van der Waals surface area (Å²) in [4.78, 5) is 0. The van der Waals surface area contributed by atoms with Crippen LogP contribution in [0.1, 0.15) is 0 Å². The van der Waals surface area contributed by atoms with Crippen LogP contribution in [0.4, 0.5) is 4.39 Å². The molecule has 0 fully saturated rings. The standard InChI is InChI=1S/C14H10ClFO3/c15-10-4-2-1-3-8(10)9-7-11(16)12(17)14-13(9)18-5-6-19-14/h1-4,7,17H,5-6H2. The molecule has 1 N–H and O–H groups in total. The lowest BCUT2D eigenvalue weighted by molar-refractivity contribution is 0.165. The fraction of sp³-hybridized carbons (Fsp3) is 0.143. The Morgan fingerprint density at radius 1 is 1.05 bits per heavy atom. The summed E-state index contributed by atoms with van der Waals surface area (Å²) in [5.41, 5.74) is 1.10. The molecule has 0 radical (unpaired) electrons. The highest BCUT2D eigenvalue weighted by Crippen LogP contribution is 2.48.